The van der Waals surface area contributed by atoms with Crippen molar-refractivity contribution in [2.24, 2.45) is 17.2 Å². The van der Waals surface area contributed by atoms with Gasteiger partial charge in [-0.05, 0) is 29.5 Å². The number of nitrogens with two attached hydrogens (primary N) is 3. The molecular weight excluding hydrogens is 334 g/mol. The van der Waals surface area contributed by atoms with E-state index in [4.69, 9.17) is 17.2 Å². The van der Waals surface area contributed by atoms with Crippen molar-refractivity contribution < 1.29 is 8.76 Å². The van der Waals surface area contributed by atoms with Crippen molar-refractivity contribution in [3.8, 4) is 0 Å². The fraction of sp³-hybridized carbons (Fsp3) is 0.368. The van der Waals surface area contributed by atoms with Gasteiger partial charge in [0.25, 0.3) is 0 Å². The number of rotatable bonds is 8. The van der Waals surface area contributed by atoms with E-state index in [0.717, 1.165) is 16.7 Å². The van der Waals surface area contributed by atoms with Crippen LogP contribution in [-0.4, -0.2) is 20.6 Å². The summed E-state index contributed by atoms with van der Waals surface area (Å²) in [6.45, 7) is 2.32. The summed E-state index contributed by atoms with van der Waals surface area (Å²) in [5.74, 6) is 0. The van der Waals surface area contributed by atoms with E-state index < -0.39 is 27.9 Å². The summed E-state index contributed by atoms with van der Waals surface area (Å²) in [6, 6.07) is 17.2. The van der Waals surface area contributed by atoms with E-state index >= 15 is 0 Å². The highest BCUT2D eigenvalue weighted by Gasteiger charge is 2.30. The molecule has 136 valence electrons. The summed E-state index contributed by atoms with van der Waals surface area (Å²) < 4.78 is 23.6. The second kappa shape index (κ2) is 8.69. The molecule has 0 saturated heterocycles. The fourth-order valence-corrected chi connectivity index (χ4v) is 3.86. The minimum atomic E-state index is -2.19. The van der Waals surface area contributed by atoms with Gasteiger partial charge in [0.05, 0.1) is 6.17 Å². The van der Waals surface area contributed by atoms with Crippen LogP contribution in [0.25, 0.3) is 0 Å². The van der Waals surface area contributed by atoms with E-state index in [2.05, 4.69) is 0 Å². The topological polar surface area (TPSA) is 118 Å². The van der Waals surface area contributed by atoms with Crippen molar-refractivity contribution in [3.05, 3.63) is 71.3 Å². The molecule has 0 amide bonds. The highest BCUT2D eigenvalue weighted by atomic mass is 32.2. The van der Waals surface area contributed by atoms with E-state index in [-0.39, 0.29) is 0 Å². The zero-order chi connectivity index (χ0) is 18.4. The molecular formula is C19H26N3O2S-. The van der Waals surface area contributed by atoms with Crippen LogP contribution >= 0.6 is 0 Å². The first kappa shape index (κ1) is 19.8. The third-order valence-corrected chi connectivity index (χ3v) is 5.55. The summed E-state index contributed by atoms with van der Waals surface area (Å²) in [7, 11) is 0. The van der Waals surface area contributed by atoms with Crippen LogP contribution in [-0.2, 0) is 22.9 Å². The van der Waals surface area contributed by atoms with Crippen molar-refractivity contribution in [1.82, 2.24) is 0 Å². The minimum Gasteiger partial charge on any atom is -0.772 e. The Bertz CT molecular complexity index is 709. The molecule has 2 aromatic rings. The van der Waals surface area contributed by atoms with Crippen LogP contribution < -0.4 is 17.2 Å². The molecule has 0 aliphatic carbocycles. The third kappa shape index (κ3) is 5.20. The number of hydrogen-bond donors (Lipinski definition) is 3. The predicted octanol–water partition coefficient (Wildman–Crippen LogP) is 1.70. The molecule has 6 N–H and O–H groups in total. The zero-order valence-electron chi connectivity index (χ0n) is 14.4. The third-order valence-electron chi connectivity index (χ3n) is 4.68. The van der Waals surface area contributed by atoms with E-state index in [0.29, 0.717) is 19.4 Å². The van der Waals surface area contributed by atoms with Crippen LogP contribution in [0.3, 0.4) is 0 Å². The first-order valence-electron chi connectivity index (χ1n) is 8.29. The van der Waals surface area contributed by atoms with Gasteiger partial charge in [0.2, 0.25) is 0 Å². The normalized spacial score (nSPS) is 16.4. The lowest BCUT2D eigenvalue weighted by atomic mass is 9.77. The van der Waals surface area contributed by atoms with Crippen molar-refractivity contribution in [1.29, 1.82) is 0 Å². The van der Waals surface area contributed by atoms with Crippen molar-refractivity contribution >= 4 is 11.1 Å². The van der Waals surface area contributed by atoms with Gasteiger partial charge in [0.15, 0.2) is 0 Å². The Hall–Kier alpha value is -1.57. The molecule has 25 heavy (non-hydrogen) atoms. The number of benzene rings is 2. The lowest BCUT2D eigenvalue weighted by Crippen LogP contribution is -2.38. The molecule has 3 unspecified atom stereocenters. The van der Waals surface area contributed by atoms with Gasteiger partial charge in [-0.2, -0.15) is 0 Å². The molecule has 3 atom stereocenters. The lowest BCUT2D eigenvalue weighted by Gasteiger charge is -2.34. The average Bonchev–Trinajstić information content (AvgIpc) is 2.62. The number of hydrogen-bond acceptors (Lipinski definition) is 5. The molecule has 0 heterocycles. The largest absolute Gasteiger partial charge is 0.772 e. The summed E-state index contributed by atoms with van der Waals surface area (Å²) in [5.41, 5.74) is 19.9. The Morgan fingerprint density at radius 1 is 1.12 bits per heavy atom. The molecule has 0 bridgehead atoms. The van der Waals surface area contributed by atoms with Gasteiger partial charge in [0, 0.05) is 17.2 Å². The first-order chi connectivity index (χ1) is 11.9. The van der Waals surface area contributed by atoms with Gasteiger partial charge in [-0.3, -0.25) is 4.21 Å². The van der Waals surface area contributed by atoms with Crippen LogP contribution in [0.2, 0.25) is 0 Å². The SMILES string of the molecule is CC(CN)(CC(Cc1ccccc1)S(=O)[O-])c1cccc(C(N)N)c1. The van der Waals surface area contributed by atoms with Crippen molar-refractivity contribution in [2.75, 3.05) is 6.54 Å². The Morgan fingerprint density at radius 2 is 1.80 bits per heavy atom. The molecule has 0 spiro atoms. The quantitative estimate of drug-likeness (QED) is 0.489. The van der Waals surface area contributed by atoms with Crippen molar-refractivity contribution in [3.63, 3.8) is 0 Å². The maximum atomic E-state index is 11.8. The van der Waals surface area contributed by atoms with Crippen LogP contribution in [0.5, 0.6) is 0 Å². The molecule has 0 radical (unpaired) electrons. The minimum absolute atomic E-state index is 0.332. The maximum Gasteiger partial charge on any atom is 0.0784 e. The molecule has 2 aromatic carbocycles. The van der Waals surface area contributed by atoms with Crippen LogP contribution in [0.4, 0.5) is 0 Å². The highest BCUT2D eigenvalue weighted by molar-refractivity contribution is 7.79. The predicted molar refractivity (Wildman–Crippen MR) is 101 cm³/mol. The Labute approximate surface area is 151 Å². The maximum absolute atomic E-state index is 11.8. The van der Waals surface area contributed by atoms with Gasteiger partial charge < -0.3 is 21.8 Å². The first-order valence-corrected chi connectivity index (χ1v) is 9.43. The molecule has 0 aliphatic heterocycles. The second-order valence-corrected chi connectivity index (χ2v) is 7.88. The molecule has 6 heteroatoms. The van der Waals surface area contributed by atoms with Gasteiger partial charge >= 0.3 is 0 Å². The molecule has 0 saturated carbocycles. The van der Waals surface area contributed by atoms with Gasteiger partial charge in [0.1, 0.15) is 0 Å². The van der Waals surface area contributed by atoms with E-state index in [1.165, 1.54) is 0 Å². The summed E-state index contributed by atoms with van der Waals surface area (Å²) in [4.78, 5) is 0. The summed E-state index contributed by atoms with van der Waals surface area (Å²) >= 11 is -2.19. The fourth-order valence-electron chi connectivity index (χ4n) is 3.03. The van der Waals surface area contributed by atoms with E-state index in [1.807, 2.05) is 61.5 Å². The van der Waals surface area contributed by atoms with Crippen LogP contribution in [0, 0.1) is 0 Å². The summed E-state index contributed by atoms with van der Waals surface area (Å²) in [5, 5.41) is -0.522. The molecule has 0 aliphatic rings. The van der Waals surface area contributed by atoms with E-state index in [1.54, 1.807) is 0 Å². The highest BCUT2D eigenvalue weighted by Crippen LogP contribution is 2.31. The second-order valence-electron chi connectivity index (χ2n) is 6.69. The van der Waals surface area contributed by atoms with Crippen LogP contribution in [0.15, 0.2) is 54.6 Å². The van der Waals surface area contributed by atoms with E-state index in [9.17, 15) is 8.76 Å². The summed E-state index contributed by atoms with van der Waals surface area (Å²) in [6.07, 6.45) is 0.316. The molecule has 0 fully saturated rings. The molecule has 0 aromatic heterocycles. The Balaban J connectivity index is 2.27. The average molecular weight is 361 g/mol. The smallest absolute Gasteiger partial charge is 0.0784 e. The van der Waals surface area contributed by atoms with Crippen molar-refractivity contribution in [2.45, 2.75) is 36.6 Å². The standard InChI is InChI=1S/C19H27N3O2S/c1-19(13-20,16-9-5-8-15(11-16)18(21)22)12-17(25(23)24)10-14-6-3-2-4-7-14/h2-9,11,17-18H,10,12-13,20-22H2,1H3,(H,23,24)/p-1. The monoisotopic (exact) mass is 360 g/mol. The lowest BCUT2D eigenvalue weighted by molar-refractivity contribution is 0.416. The van der Waals surface area contributed by atoms with Crippen LogP contribution in [0.1, 0.15) is 36.2 Å². The zero-order valence-corrected chi connectivity index (χ0v) is 15.2. The van der Waals surface area contributed by atoms with Gasteiger partial charge in [-0.1, -0.05) is 72.6 Å². The Morgan fingerprint density at radius 3 is 2.36 bits per heavy atom. The van der Waals surface area contributed by atoms with Gasteiger partial charge in [-0.15, -0.1) is 0 Å². The molecule has 2 rings (SSSR count). The Kier molecular flexibility index (Phi) is 6.87. The van der Waals surface area contributed by atoms with Gasteiger partial charge in [-0.25, -0.2) is 0 Å². The molecule has 5 nitrogen and oxygen atoms in total.